The van der Waals surface area contributed by atoms with Crippen molar-refractivity contribution in [3.63, 3.8) is 0 Å². The van der Waals surface area contributed by atoms with E-state index < -0.39 is 11.5 Å². The molecule has 0 aliphatic heterocycles. The molecule has 1 amide bonds. The number of carbonyl (C=O) groups excluding carboxylic acids is 1. The van der Waals surface area contributed by atoms with Crippen LogP contribution in [0.1, 0.15) is 16.1 Å². The molecule has 0 aliphatic carbocycles. The number of nitrogens with one attached hydrogen (secondary N) is 2. The average Bonchev–Trinajstić information content (AvgIpc) is 2.87. The van der Waals surface area contributed by atoms with Crippen LogP contribution in [0.5, 0.6) is 0 Å². The molecule has 6 nitrogen and oxygen atoms in total. The van der Waals surface area contributed by atoms with Crippen LogP contribution in [0.4, 0.5) is 0 Å². The SMILES string of the molecule is O=C(NCc1cn2cc(Cl)ccc2n1)c1ccc[nH]c1=O. The molecule has 0 atom stereocenters. The fourth-order valence-corrected chi connectivity index (χ4v) is 2.14. The van der Waals surface area contributed by atoms with Crippen molar-refractivity contribution in [2.45, 2.75) is 6.54 Å². The fraction of sp³-hybridized carbons (Fsp3) is 0.0714. The van der Waals surface area contributed by atoms with E-state index in [-0.39, 0.29) is 12.1 Å². The number of hydrogen-bond acceptors (Lipinski definition) is 3. The number of amides is 1. The highest BCUT2D eigenvalue weighted by atomic mass is 35.5. The second-order valence-electron chi connectivity index (χ2n) is 4.44. The van der Waals surface area contributed by atoms with Gasteiger partial charge in [0, 0.05) is 18.6 Å². The predicted octanol–water partition coefficient (Wildman–Crippen LogP) is 1.61. The molecule has 106 valence electrons. The van der Waals surface area contributed by atoms with Crippen molar-refractivity contribution >= 4 is 23.2 Å². The Hall–Kier alpha value is -2.60. The number of nitrogens with zero attached hydrogens (tertiary/aromatic N) is 2. The molecular weight excluding hydrogens is 292 g/mol. The molecule has 0 aliphatic rings. The first-order valence-corrected chi connectivity index (χ1v) is 6.60. The highest BCUT2D eigenvalue weighted by Crippen LogP contribution is 2.11. The summed E-state index contributed by atoms with van der Waals surface area (Å²) in [5.41, 5.74) is 1.07. The molecule has 0 aromatic carbocycles. The molecule has 0 radical (unpaired) electrons. The fourth-order valence-electron chi connectivity index (χ4n) is 1.97. The van der Waals surface area contributed by atoms with Gasteiger partial charge in [-0.25, -0.2) is 4.98 Å². The van der Waals surface area contributed by atoms with Gasteiger partial charge in [-0.1, -0.05) is 11.6 Å². The zero-order valence-electron chi connectivity index (χ0n) is 10.8. The standard InChI is InChI=1S/C14H11ClN4O2/c15-9-3-4-12-18-10(8-19(12)7-9)6-17-14(21)11-2-1-5-16-13(11)20/h1-5,7-8H,6H2,(H,16,20)(H,17,21). The Kier molecular flexibility index (Phi) is 3.45. The summed E-state index contributed by atoms with van der Waals surface area (Å²) in [4.78, 5) is 30.2. The van der Waals surface area contributed by atoms with Crippen LogP contribution in [0.3, 0.4) is 0 Å². The Bertz CT molecular complexity index is 869. The van der Waals surface area contributed by atoms with Gasteiger partial charge in [0.25, 0.3) is 11.5 Å². The van der Waals surface area contributed by atoms with Crippen LogP contribution < -0.4 is 10.9 Å². The first-order valence-electron chi connectivity index (χ1n) is 6.22. The number of halogens is 1. The maximum Gasteiger partial charge on any atom is 0.260 e. The normalized spacial score (nSPS) is 10.7. The van der Waals surface area contributed by atoms with Gasteiger partial charge >= 0.3 is 0 Å². The zero-order chi connectivity index (χ0) is 14.8. The van der Waals surface area contributed by atoms with E-state index in [1.165, 1.54) is 12.3 Å². The number of rotatable bonds is 3. The van der Waals surface area contributed by atoms with E-state index >= 15 is 0 Å². The van der Waals surface area contributed by atoms with E-state index in [1.54, 1.807) is 35.0 Å². The van der Waals surface area contributed by atoms with Crippen molar-refractivity contribution in [3.05, 3.63) is 69.5 Å². The number of hydrogen-bond donors (Lipinski definition) is 2. The van der Waals surface area contributed by atoms with Gasteiger partial charge in [0.05, 0.1) is 17.3 Å². The Morgan fingerprint density at radius 1 is 1.33 bits per heavy atom. The zero-order valence-corrected chi connectivity index (χ0v) is 11.6. The Morgan fingerprint density at radius 3 is 3.00 bits per heavy atom. The Balaban J connectivity index is 1.76. The van der Waals surface area contributed by atoms with Crippen LogP contribution in [0.2, 0.25) is 5.02 Å². The summed E-state index contributed by atoms with van der Waals surface area (Å²) in [6, 6.07) is 6.60. The molecule has 3 rings (SSSR count). The summed E-state index contributed by atoms with van der Waals surface area (Å²) in [6.45, 7) is 0.229. The van der Waals surface area contributed by atoms with E-state index in [0.717, 1.165) is 5.65 Å². The van der Waals surface area contributed by atoms with Crippen molar-refractivity contribution in [2.75, 3.05) is 0 Å². The lowest BCUT2D eigenvalue weighted by Gasteiger charge is -2.01. The first-order chi connectivity index (χ1) is 10.1. The first kappa shape index (κ1) is 13.4. The predicted molar refractivity (Wildman–Crippen MR) is 78.4 cm³/mol. The summed E-state index contributed by atoms with van der Waals surface area (Å²) in [6.07, 6.45) is 4.98. The van der Waals surface area contributed by atoms with Gasteiger partial charge in [0.2, 0.25) is 0 Å². The third kappa shape index (κ3) is 2.80. The van der Waals surface area contributed by atoms with Gasteiger partial charge in [-0.05, 0) is 24.3 Å². The monoisotopic (exact) mass is 302 g/mol. The number of pyridine rings is 2. The average molecular weight is 303 g/mol. The molecule has 0 bridgehead atoms. The van der Waals surface area contributed by atoms with Crippen LogP contribution in [0, 0.1) is 0 Å². The molecule has 0 fully saturated rings. The van der Waals surface area contributed by atoms with Crippen LogP contribution in [-0.4, -0.2) is 20.3 Å². The summed E-state index contributed by atoms with van der Waals surface area (Å²) in [5.74, 6) is -0.438. The Labute approximate surface area is 124 Å². The molecule has 3 heterocycles. The van der Waals surface area contributed by atoms with Crippen molar-refractivity contribution in [1.82, 2.24) is 19.7 Å². The number of aromatic nitrogens is 3. The highest BCUT2D eigenvalue weighted by Gasteiger charge is 2.10. The quantitative estimate of drug-likeness (QED) is 0.771. The number of imidazole rings is 1. The summed E-state index contributed by atoms with van der Waals surface area (Å²) in [7, 11) is 0. The minimum absolute atomic E-state index is 0.0734. The van der Waals surface area contributed by atoms with E-state index in [1.807, 2.05) is 0 Å². The highest BCUT2D eigenvalue weighted by molar-refractivity contribution is 6.30. The molecule has 0 spiro atoms. The van der Waals surface area contributed by atoms with Crippen molar-refractivity contribution < 1.29 is 4.79 Å². The van der Waals surface area contributed by atoms with Gasteiger partial charge in [0.1, 0.15) is 11.2 Å². The molecule has 3 aromatic heterocycles. The topological polar surface area (TPSA) is 79.3 Å². The smallest absolute Gasteiger partial charge is 0.260 e. The maximum absolute atomic E-state index is 11.9. The summed E-state index contributed by atoms with van der Waals surface area (Å²) < 4.78 is 1.78. The lowest BCUT2D eigenvalue weighted by Crippen LogP contribution is -2.28. The third-order valence-electron chi connectivity index (χ3n) is 2.96. The summed E-state index contributed by atoms with van der Waals surface area (Å²) in [5, 5.41) is 3.27. The van der Waals surface area contributed by atoms with E-state index in [0.29, 0.717) is 10.7 Å². The van der Waals surface area contributed by atoms with Crippen LogP contribution in [0.15, 0.2) is 47.7 Å². The molecule has 3 aromatic rings. The molecule has 7 heteroatoms. The largest absolute Gasteiger partial charge is 0.346 e. The van der Waals surface area contributed by atoms with Gasteiger partial charge in [-0.2, -0.15) is 0 Å². The lowest BCUT2D eigenvalue weighted by molar-refractivity contribution is 0.0949. The minimum atomic E-state index is -0.438. The van der Waals surface area contributed by atoms with E-state index in [2.05, 4.69) is 15.3 Å². The van der Waals surface area contributed by atoms with Gasteiger partial charge in [-0.15, -0.1) is 0 Å². The number of aromatic amines is 1. The van der Waals surface area contributed by atoms with Crippen molar-refractivity contribution in [3.8, 4) is 0 Å². The van der Waals surface area contributed by atoms with Crippen molar-refractivity contribution in [1.29, 1.82) is 0 Å². The Morgan fingerprint density at radius 2 is 2.19 bits per heavy atom. The van der Waals surface area contributed by atoms with Crippen molar-refractivity contribution in [2.24, 2.45) is 0 Å². The van der Waals surface area contributed by atoms with Gasteiger partial charge in [-0.3, -0.25) is 9.59 Å². The minimum Gasteiger partial charge on any atom is -0.346 e. The third-order valence-corrected chi connectivity index (χ3v) is 3.18. The van der Waals surface area contributed by atoms with E-state index in [9.17, 15) is 9.59 Å². The maximum atomic E-state index is 11.9. The van der Waals surface area contributed by atoms with Gasteiger partial charge in [0.15, 0.2) is 0 Å². The molecule has 0 saturated carbocycles. The second kappa shape index (κ2) is 5.41. The van der Waals surface area contributed by atoms with Crippen LogP contribution in [-0.2, 0) is 6.54 Å². The molecule has 0 saturated heterocycles. The molecule has 21 heavy (non-hydrogen) atoms. The molecule has 0 unspecified atom stereocenters. The number of fused-ring (bicyclic) bond motifs is 1. The number of H-pyrrole nitrogens is 1. The van der Waals surface area contributed by atoms with Gasteiger partial charge < -0.3 is 14.7 Å². The van der Waals surface area contributed by atoms with Crippen LogP contribution >= 0.6 is 11.6 Å². The molecular formula is C14H11ClN4O2. The number of carbonyl (C=O) groups is 1. The van der Waals surface area contributed by atoms with E-state index in [4.69, 9.17) is 11.6 Å². The summed E-state index contributed by atoms with van der Waals surface area (Å²) >= 11 is 5.90. The molecule has 2 N–H and O–H groups in total. The van der Waals surface area contributed by atoms with Crippen LogP contribution in [0.25, 0.3) is 5.65 Å². The second-order valence-corrected chi connectivity index (χ2v) is 4.88. The lowest BCUT2D eigenvalue weighted by atomic mass is 10.2.